The number of hydrogen-bond acceptors (Lipinski definition) is 3. The fourth-order valence-electron chi connectivity index (χ4n) is 1.49. The van der Waals surface area contributed by atoms with E-state index in [0.717, 1.165) is 27.0 Å². The predicted molar refractivity (Wildman–Crippen MR) is 67.0 cm³/mol. The molecule has 0 saturated carbocycles. The minimum absolute atomic E-state index is 0.0735. The summed E-state index contributed by atoms with van der Waals surface area (Å²) in [7, 11) is 0. The first-order chi connectivity index (χ1) is 7.69. The monoisotopic (exact) mass is 253 g/mol. The lowest BCUT2D eigenvalue weighted by Crippen LogP contribution is -1.86. The molecule has 0 fully saturated rings. The predicted octanol–water partition coefficient (Wildman–Crippen LogP) is 3.19. The second kappa shape index (κ2) is 4.95. The number of rotatable bonds is 3. The summed E-state index contributed by atoms with van der Waals surface area (Å²) in [5.41, 5.74) is 2.11. The maximum absolute atomic E-state index is 9.09. The second-order valence-electron chi connectivity index (χ2n) is 3.58. The molecule has 0 amide bonds. The molecule has 0 atom stereocenters. The highest BCUT2D eigenvalue weighted by Crippen LogP contribution is 2.21. The van der Waals surface area contributed by atoms with E-state index in [1.165, 1.54) is 5.56 Å². The van der Waals surface area contributed by atoms with Gasteiger partial charge >= 0.3 is 0 Å². The van der Waals surface area contributed by atoms with Crippen molar-refractivity contribution >= 4 is 22.9 Å². The van der Waals surface area contributed by atoms with Crippen LogP contribution in [-0.2, 0) is 13.0 Å². The quantitative estimate of drug-likeness (QED) is 0.911. The number of halogens is 1. The summed E-state index contributed by atoms with van der Waals surface area (Å²) in [6.45, 7) is 2.00. The van der Waals surface area contributed by atoms with Crippen LogP contribution in [0.5, 0.6) is 0 Å². The first-order valence-electron chi connectivity index (χ1n) is 4.99. The minimum Gasteiger partial charge on any atom is -0.391 e. The Morgan fingerprint density at radius 1 is 1.31 bits per heavy atom. The average molecular weight is 254 g/mol. The molecule has 1 aromatic carbocycles. The summed E-state index contributed by atoms with van der Waals surface area (Å²) in [6, 6.07) is 7.75. The van der Waals surface area contributed by atoms with Gasteiger partial charge in [-0.3, -0.25) is 0 Å². The van der Waals surface area contributed by atoms with Gasteiger partial charge in [-0.25, -0.2) is 4.98 Å². The Morgan fingerprint density at radius 3 is 2.56 bits per heavy atom. The highest BCUT2D eigenvalue weighted by Gasteiger charge is 2.06. The first kappa shape index (κ1) is 11.6. The van der Waals surface area contributed by atoms with Crippen molar-refractivity contribution in [2.45, 2.75) is 20.0 Å². The Kier molecular flexibility index (Phi) is 3.59. The molecule has 0 spiro atoms. The Morgan fingerprint density at radius 2 is 2.00 bits per heavy atom. The third-order valence-electron chi connectivity index (χ3n) is 2.35. The van der Waals surface area contributed by atoms with Gasteiger partial charge in [0, 0.05) is 11.4 Å². The normalized spacial score (nSPS) is 10.7. The van der Waals surface area contributed by atoms with Crippen molar-refractivity contribution in [3.63, 3.8) is 0 Å². The zero-order valence-corrected chi connectivity index (χ0v) is 10.5. The molecule has 2 nitrogen and oxygen atoms in total. The third-order valence-corrected chi connectivity index (χ3v) is 3.74. The van der Waals surface area contributed by atoms with Gasteiger partial charge in [0.2, 0.25) is 0 Å². The van der Waals surface area contributed by atoms with Gasteiger partial charge in [0.05, 0.1) is 22.2 Å². The van der Waals surface area contributed by atoms with E-state index in [-0.39, 0.29) is 6.61 Å². The van der Waals surface area contributed by atoms with Gasteiger partial charge in [0.15, 0.2) is 0 Å². The Labute approximate surface area is 104 Å². The molecule has 0 aliphatic carbocycles. The highest BCUT2D eigenvalue weighted by atomic mass is 35.5. The lowest BCUT2D eigenvalue weighted by molar-refractivity contribution is 0.284. The van der Waals surface area contributed by atoms with Crippen LogP contribution in [0.1, 0.15) is 21.1 Å². The van der Waals surface area contributed by atoms with E-state index < -0.39 is 0 Å². The summed E-state index contributed by atoms with van der Waals surface area (Å²) in [6.07, 6.45) is 0.794. The molecular weight excluding hydrogens is 242 g/mol. The molecule has 1 N–H and O–H groups in total. The highest BCUT2D eigenvalue weighted by molar-refractivity contribution is 7.11. The van der Waals surface area contributed by atoms with Crippen LogP contribution in [0.3, 0.4) is 0 Å². The fraction of sp³-hybridized carbons (Fsp3) is 0.250. The van der Waals surface area contributed by atoms with Crippen LogP contribution in [0.15, 0.2) is 24.3 Å². The fourth-order valence-corrected chi connectivity index (χ4v) is 2.58. The summed E-state index contributed by atoms with van der Waals surface area (Å²) >= 11 is 7.38. The second-order valence-corrected chi connectivity index (χ2v) is 5.18. The van der Waals surface area contributed by atoms with Crippen LogP contribution in [-0.4, -0.2) is 10.1 Å². The molecule has 0 radical (unpaired) electrons. The van der Waals surface area contributed by atoms with Crippen LogP contribution >= 0.6 is 22.9 Å². The maximum Gasteiger partial charge on any atom is 0.0975 e. The molecule has 84 valence electrons. The van der Waals surface area contributed by atoms with Crippen molar-refractivity contribution < 1.29 is 5.11 Å². The number of aryl methyl sites for hydroxylation is 1. The molecule has 0 bridgehead atoms. The molecule has 1 aromatic heterocycles. The number of hydrogen-bond donors (Lipinski definition) is 1. The van der Waals surface area contributed by atoms with E-state index in [1.54, 1.807) is 11.3 Å². The van der Waals surface area contributed by atoms with E-state index in [1.807, 2.05) is 31.2 Å². The van der Waals surface area contributed by atoms with E-state index >= 15 is 0 Å². The van der Waals surface area contributed by atoms with Crippen LogP contribution < -0.4 is 0 Å². The number of aliphatic hydroxyl groups excluding tert-OH is 1. The summed E-state index contributed by atoms with van der Waals surface area (Å²) in [4.78, 5) is 5.37. The van der Waals surface area contributed by atoms with Crippen molar-refractivity contribution in [3.05, 3.63) is 50.4 Å². The van der Waals surface area contributed by atoms with Crippen molar-refractivity contribution in [1.82, 2.24) is 4.98 Å². The molecule has 1 heterocycles. The summed E-state index contributed by atoms with van der Waals surface area (Å²) in [5, 5.41) is 10.9. The SMILES string of the molecule is Cc1nc(Cc2ccc(Cl)cc2)sc1CO. The van der Waals surface area contributed by atoms with Gasteiger partial charge < -0.3 is 5.11 Å². The minimum atomic E-state index is 0.0735. The average Bonchev–Trinajstić information content (AvgIpc) is 2.62. The van der Waals surface area contributed by atoms with Gasteiger partial charge in [-0.05, 0) is 24.6 Å². The van der Waals surface area contributed by atoms with E-state index in [2.05, 4.69) is 4.98 Å². The van der Waals surface area contributed by atoms with Crippen molar-refractivity contribution in [3.8, 4) is 0 Å². The lowest BCUT2D eigenvalue weighted by Gasteiger charge is -1.97. The maximum atomic E-state index is 9.09. The smallest absolute Gasteiger partial charge is 0.0975 e. The van der Waals surface area contributed by atoms with Crippen molar-refractivity contribution in [1.29, 1.82) is 0 Å². The molecule has 0 saturated heterocycles. The topological polar surface area (TPSA) is 33.1 Å². The number of benzene rings is 1. The van der Waals surface area contributed by atoms with Crippen LogP contribution in [0.25, 0.3) is 0 Å². The molecule has 2 aromatic rings. The lowest BCUT2D eigenvalue weighted by atomic mass is 10.2. The summed E-state index contributed by atoms with van der Waals surface area (Å²) < 4.78 is 0. The van der Waals surface area contributed by atoms with Crippen LogP contribution in [0.4, 0.5) is 0 Å². The molecule has 0 unspecified atom stereocenters. The van der Waals surface area contributed by atoms with E-state index in [4.69, 9.17) is 16.7 Å². The third kappa shape index (κ3) is 2.61. The molecule has 4 heteroatoms. The zero-order chi connectivity index (χ0) is 11.5. The molecular formula is C12H12ClNOS. The van der Waals surface area contributed by atoms with Gasteiger partial charge in [0.1, 0.15) is 0 Å². The number of thiazole rings is 1. The molecule has 2 rings (SSSR count). The Bertz CT molecular complexity index is 478. The van der Waals surface area contributed by atoms with Crippen LogP contribution in [0, 0.1) is 6.92 Å². The largest absolute Gasteiger partial charge is 0.391 e. The Balaban J connectivity index is 2.17. The van der Waals surface area contributed by atoms with Gasteiger partial charge in [-0.2, -0.15) is 0 Å². The van der Waals surface area contributed by atoms with Crippen molar-refractivity contribution in [2.75, 3.05) is 0 Å². The van der Waals surface area contributed by atoms with Crippen LogP contribution in [0.2, 0.25) is 5.02 Å². The molecule has 0 aliphatic rings. The molecule has 0 aliphatic heterocycles. The first-order valence-corrected chi connectivity index (χ1v) is 6.19. The number of aromatic nitrogens is 1. The zero-order valence-electron chi connectivity index (χ0n) is 8.90. The summed E-state index contributed by atoms with van der Waals surface area (Å²) in [5.74, 6) is 0. The van der Waals surface area contributed by atoms with Gasteiger partial charge in [0.25, 0.3) is 0 Å². The Hall–Kier alpha value is -0.900. The van der Waals surface area contributed by atoms with E-state index in [0.29, 0.717) is 0 Å². The number of aliphatic hydroxyl groups is 1. The molecule has 16 heavy (non-hydrogen) atoms. The standard InChI is InChI=1S/C12H12ClNOS/c1-8-11(7-15)16-12(14-8)6-9-2-4-10(13)5-3-9/h2-5,15H,6-7H2,1H3. The number of nitrogens with zero attached hydrogens (tertiary/aromatic N) is 1. The van der Waals surface area contributed by atoms with Crippen molar-refractivity contribution in [2.24, 2.45) is 0 Å². The van der Waals surface area contributed by atoms with Gasteiger partial charge in [-0.15, -0.1) is 11.3 Å². The van der Waals surface area contributed by atoms with E-state index in [9.17, 15) is 0 Å². The van der Waals surface area contributed by atoms with Gasteiger partial charge in [-0.1, -0.05) is 23.7 Å².